The maximum atomic E-state index is 12.3. The van der Waals surface area contributed by atoms with Gasteiger partial charge in [0.1, 0.15) is 5.69 Å². The number of rotatable bonds is 5. The molecular formula is C16H13ClN4O3S. The van der Waals surface area contributed by atoms with Gasteiger partial charge >= 0.3 is 0 Å². The number of fused-ring (bicyclic) bond motifs is 1. The molecule has 2 aromatic carbocycles. The van der Waals surface area contributed by atoms with Crippen LogP contribution in [0, 0.1) is 10.1 Å². The molecule has 1 unspecified atom stereocenters. The summed E-state index contributed by atoms with van der Waals surface area (Å²) in [5, 5.41) is 14.3. The number of amides is 1. The van der Waals surface area contributed by atoms with E-state index in [4.69, 9.17) is 11.6 Å². The Morgan fingerprint density at radius 2 is 2.12 bits per heavy atom. The molecule has 0 spiro atoms. The van der Waals surface area contributed by atoms with Crippen molar-refractivity contribution in [2.75, 3.05) is 5.32 Å². The van der Waals surface area contributed by atoms with E-state index in [1.54, 1.807) is 37.3 Å². The van der Waals surface area contributed by atoms with Gasteiger partial charge in [-0.15, -0.1) is 0 Å². The van der Waals surface area contributed by atoms with Gasteiger partial charge in [-0.3, -0.25) is 14.9 Å². The largest absolute Gasteiger partial charge is 0.333 e. The van der Waals surface area contributed by atoms with Crippen LogP contribution in [-0.4, -0.2) is 26.0 Å². The third-order valence-corrected chi connectivity index (χ3v) is 4.66. The fourth-order valence-electron chi connectivity index (χ4n) is 2.21. The number of hydrogen-bond donors (Lipinski definition) is 2. The van der Waals surface area contributed by atoms with Crippen molar-refractivity contribution in [3.05, 3.63) is 57.6 Å². The van der Waals surface area contributed by atoms with Gasteiger partial charge in [-0.2, -0.15) is 0 Å². The van der Waals surface area contributed by atoms with Crippen LogP contribution in [0.1, 0.15) is 6.92 Å². The van der Waals surface area contributed by atoms with Crippen LogP contribution in [0.25, 0.3) is 11.0 Å². The second-order valence-electron chi connectivity index (χ2n) is 5.23. The van der Waals surface area contributed by atoms with E-state index in [-0.39, 0.29) is 17.3 Å². The van der Waals surface area contributed by atoms with Crippen LogP contribution in [0.2, 0.25) is 5.02 Å². The predicted octanol–water partition coefficient (Wildman–Crippen LogP) is 4.24. The Bertz CT molecular complexity index is 959. The first-order valence-corrected chi connectivity index (χ1v) is 8.56. The lowest BCUT2D eigenvalue weighted by atomic mass is 10.2. The number of aromatic amines is 1. The number of anilines is 1. The quantitative estimate of drug-likeness (QED) is 0.394. The highest BCUT2D eigenvalue weighted by atomic mass is 35.5. The number of nitrogens with zero attached hydrogens (tertiary/aromatic N) is 2. The minimum Gasteiger partial charge on any atom is -0.333 e. The Kier molecular flexibility index (Phi) is 4.91. The van der Waals surface area contributed by atoms with Gasteiger partial charge in [-0.1, -0.05) is 35.5 Å². The highest BCUT2D eigenvalue weighted by molar-refractivity contribution is 8.00. The lowest BCUT2D eigenvalue weighted by Gasteiger charge is -2.10. The fourth-order valence-corrected chi connectivity index (χ4v) is 3.20. The van der Waals surface area contributed by atoms with Gasteiger partial charge in [0.2, 0.25) is 5.91 Å². The molecule has 3 aromatic rings. The van der Waals surface area contributed by atoms with E-state index < -0.39 is 10.2 Å². The zero-order valence-electron chi connectivity index (χ0n) is 13.0. The number of H-pyrrole nitrogens is 1. The molecule has 128 valence electrons. The Morgan fingerprint density at radius 1 is 1.36 bits per heavy atom. The van der Waals surface area contributed by atoms with E-state index in [1.807, 2.05) is 0 Å². The van der Waals surface area contributed by atoms with Gasteiger partial charge < -0.3 is 10.3 Å². The van der Waals surface area contributed by atoms with Crippen molar-refractivity contribution >= 4 is 51.7 Å². The minimum atomic E-state index is -0.531. The number of imidazole rings is 1. The average Bonchev–Trinajstić information content (AvgIpc) is 2.96. The lowest BCUT2D eigenvalue weighted by Crippen LogP contribution is -2.23. The fraction of sp³-hybridized carbons (Fsp3) is 0.125. The van der Waals surface area contributed by atoms with E-state index in [0.29, 0.717) is 10.2 Å². The third kappa shape index (κ3) is 3.92. The van der Waals surface area contributed by atoms with Crippen LogP contribution >= 0.6 is 23.4 Å². The van der Waals surface area contributed by atoms with Gasteiger partial charge in [0.05, 0.1) is 21.2 Å². The molecule has 1 atom stereocenters. The monoisotopic (exact) mass is 376 g/mol. The molecule has 0 aliphatic rings. The number of aromatic nitrogens is 2. The molecule has 25 heavy (non-hydrogen) atoms. The van der Waals surface area contributed by atoms with E-state index in [2.05, 4.69) is 15.3 Å². The van der Waals surface area contributed by atoms with Gasteiger partial charge in [-0.25, -0.2) is 4.98 Å². The van der Waals surface area contributed by atoms with Gasteiger partial charge in [0, 0.05) is 11.1 Å². The molecule has 7 nitrogen and oxygen atoms in total. The van der Waals surface area contributed by atoms with Gasteiger partial charge in [0.25, 0.3) is 5.69 Å². The van der Waals surface area contributed by atoms with Crippen molar-refractivity contribution in [1.29, 1.82) is 0 Å². The molecule has 0 fully saturated rings. The molecule has 9 heteroatoms. The van der Waals surface area contributed by atoms with Gasteiger partial charge in [-0.05, 0) is 31.2 Å². The van der Waals surface area contributed by atoms with Crippen LogP contribution in [0.15, 0.2) is 47.6 Å². The maximum Gasteiger partial charge on any atom is 0.292 e. The van der Waals surface area contributed by atoms with Gasteiger partial charge in [0.15, 0.2) is 5.16 Å². The Balaban J connectivity index is 1.73. The molecule has 1 aromatic heterocycles. The topological polar surface area (TPSA) is 101 Å². The summed E-state index contributed by atoms with van der Waals surface area (Å²) in [5.41, 5.74) is 1.55. The standard InChI is InChI=1S/C16H13ClN4O3S/c1-9(15(22)18-12-4-2-3-5-14(12)21(23)24)25-16-19-11-7-6-10(17)8-13(11)20-16/h2-9H,1H3,(H,18,22)(H,19,20). The number of thioether (sulfide) groups is 1. The molecule has 0 bridgehead atoms. The number of hydrogen-bond acceptors (Lipinski definition) is 5. The first-order valence-electron chi connectivity index (χ1n) is 7.30. The number of nitro benzene ring substituents is 1. The highest BCUT2D eigenvalue weighted by Gasteiger charge is 2.20. The van der Waals surface area contributed by atoms with Crippen molar-refractivity contribution < 1.29 is 9.72 Å². The number of para-hydroxylation sites is 2. The lowest BCUT2D eigenvalue weighted by molar-refractivity contribution is -0.383. The number of nitrogens with one attached hydrogen (secondary N) is 2. The molecule has 0 radical (unpaired) electrons. The van der Waals surface area contributed by atoms with Crippen molar-refractivity contribution in [2.45, 2.75) is 17.3 Å². The summed E-state index contributed by atoms with van der Waals surface area (Å²) in [6, 6.07) is 11.3. The van der Waals surface area contributed by atoms with Crippen molar-refractivity contribution in [2.24, 2.45) is 0 Å². The second-order valence-corrected chi connectivity index (χ2v) is 6.99. The number of nitro groups is 1. The first-order chi connectivity index (χ1) is 11.9. The van der Waals surface area contributed by atoms with Crippen LogP contribution in [0.3, 0.4) is 0 Å². The summed E-state index contributed by atoms with van der Waals surface area (Å²) in [7, 11) is 0. The summed E-state index contributed by atoms with van der Waals surface area (Å²) in [6.45, 7) is 1.70. The van der Waals surface area contributed by atoms with Crippen LogP contribution < -0.4 is 5.32 Å². The zero-order valence-corrected chi connectivity index (χ0v) is 14.6. The summed E-state index contributed by atoms with van der Waals surface area (Å²) in [4.78, 5) is 30.3. The Labute approximate surface area is 151 Å². The summed E-state index contributed by atoms with van der Waals surface area (Å²) < 4.78 is 0. The number of benzene rings is 2. The minimum absolute atomic E-state index is 0.147. The molecule has 0 aliphatic heterocycles. The summed E-state index contributed by atoms with van der Waals surface area (Å²) >= 11 is 7.17. The van der Waals surface area contributed by atoms with Crippen molar-refractivity contribution in [1.82, 2.24) is 9.97 Å². The average molecular weight is 377 g/mol. The van der Waals surface area contributed by atoms with E-state index >= 15 is 0 Å². The van der Waals surface area contributed by atoms with Crippen LogP contribution in [-0.2, 0) is 4.79 Å². The number of carbonyl (C=O) groups is 1. The van der Waals surface area contributed by atoms with E-state index in [9.17, 15) is 14.9 Å². The van der Waals surface area contributed by atoms with E-state index in [1.165, 1.54) is 23.9 Å². The zero-order chi connectivity index (χ0) is 18.0. The number of halogens is 1. The molecule has 2 N–H and O–H groups in total. The predicted molar refractivity (Wildman–Crippen MR) is 98.1 cm³/mol. The normalized spacial score (nSPS) is 12.1. The van der Waals surface area contributed by atoms with Crippen LogP contribution in [0.4, 0.5) is 11.4 Å². The van der Waals surface area contributed by atoms with Crippen molar-refractivity contribution in [3.63, 3.8) is 0 Å². The summed E-state index contributed by atoms with van der Waals surface area (Å²) in [5.74, 6) is -0.349. The Morgan fingerprint density at radius 3 is 2.88 bits per heavy atom. The number of carbonyl (C=O) groups excluding carboxylic acids is 1. The highest BCUT2D eigenvalue weighted by Crippen LogP contribution is 2.27. The Hall–Kier alpha value is -2.58. The molecule has 0 aliphatic carbocycles. The molecule has 0 saturated carbocycles. The van der Waals surface area contributed by atoms with Crippen LogP contribution in [0.5, 0.6) is 0 Å². The second kappa shape index (κ2) is 7.12. The molecule has 3 rings (SSSR count). The van der Waals surface area contributed by atoms with E-state index in [0.717, 1.165) is 11.0 Å². The molecule has 1 amide bonds. The van der Waals surface area contributed by atoms with Crippen molar-refractivity contribution in [3.8, 4) is 0 Å². The first kappa shape index (κ1) is 17.2. The summed E-state index contributed by atoms with van der Waals surface area (Å²) in [6.07, 6.45) is 0. The molecule has 0 saturated heterocycles. The molecular weight excluding hydrogens is 364 g/mol. The smallest absolute Gasteiger partial charge is 0.292 e. The SMILES string of the molecule is CC(Sc1nc2ccc(Cl)cc2[nH]1)C(=O)Nc1ccccc1[N+](=O)[O-]. The third-order valence-electron chi connectivity index (χ3n) is 3.44. The molecule has 1 heterocycles. The maximum absolute atomic E-state index is 12.3.